The molecule has 1 aliphatic heterocycles. The summed E-state index contributed by atoms with van der Waals surface area (Å²) in [7, 11) is 2.14. The van der Waals surface area contributed by atoms with Gasteiger partial charge in [-0.1, -0.05) is 32.0 Å². The number of nitrogens with zero attached hydrogens (tertiary/aromatic N) is 8. The quantitative estimate of drug-likeness (QED) is 0.462. The lowest BCUT2D eigenvalue weighted by molar-refractivity contribution is 0.105. The molecule has 0 spiro atoms. The Balaban J connectivity index is 1.45. The van der Waals surface area contributed by atoms with Crippen LogP contribution in [-0.2, 0) is 6.54 Å². The van der Waals surface area contributed by atoms with E-state index in [1.165, 1.54) is 6.33 Å². The highest BCUT2D eigenvalue weighted by atomic mass is 16.5. The third-order valence-corrected chi connectivity index (χ3v) is 6.03. The first kappa shape index (κ1) is 21.3. The number of hydrogen-bond acceptors (Lipinski definition) is 8. The molecule has 0 aliphatic carbocycles. The van der Waals surface area contributed by atoms with Crippen molar-refractivity contribution in [3.8, 4) is 11.7 Å². The van der Waals surface area contributed by atoms with Crippen molar-refractivity contribution < 1.29 is 4.74 Å². The fourth-order valence-electron chi connectivity index (χ4n) is 4.09. The maximum Gasteiger partial charge on any atom is 0.322 e. The standard InChI is InChI=1S/C23H29N9O/c1-16(2)19-13-26-32-21(19)28-23(33-18-8-10-30(3)11-9-18)29-22(32)25-12-17-6-4-5-7-20(17)31-15-24-14-27-31/h4-7,13-16,18H,8-12H2,1-3H3,(H,25,28,29). The summed E-state index contributed by atoms with van der Waals surface area (Å²) < 4.78 is 9.75. The highest BCUT2D eigenvalue weighted by molar-refractivity contribution is 5.53. The van der Waals surface area contributed by atoms with Crippen LogP contribution in [0.25, 0.3) is 11.3 Å². The summed E-state index contributed by atoms with van der Waals surface area (Å²) in [5.41, 5.74) is 3.86. The first-order valence-electron chi connectivity index (χ1n) is 11.4. The number of anilines is 1. The lowest BCUT2D eigenvalue weighted by Crippen LogP contribution is -2.36. The molecule has 10 heteroatoms. The first-order valence-corrected chi connectivity index (χ1v) is 11.4. The summed E-state index contributed by atoms with van der Waals surface area (Å²) >= 11 is 0. The SMILES string of the molecule is CC(C)c1cnn2c(NCc3ccccc3-n3cncn3)nc(OC3CCN(C)CC3)nc12. The number of ether oxygens (including phenoxy) is 1. The first-order chi connectivity index (χ1) is 16.1. The van der Waals surface area contributed by atoms with Crippen LogP contribution in [0.5, 0.6) is 6.01 Å². The van der Waals surface area contributed by atoms with Crippen molar-refractivity contribution in [2.75, 3.05) is 25.5 Å². The van der Waals surface area contributed by atoms with Crippen molar-refractivity contribution in [1.29, 1.82) is 0 Å². The minimum atomic E-state index is 0.120. The van der Waals surface area contributed by atoms with Gasteiger partial charge in [-0.05, 0) is 37.4 Å². The molecule has 0 amide bonds. The van der Waals surface area contributed by atoms with E-state index in [2.05, 4.69) is 52.4 Å². The van der Waals surface area contributed by atoms with E-state index in [1.54, 1.807) is 15.5 Å². The number of nitrogens with one attached hydrogen (secondary N) is 1. The largest absolute Gasteiger partial charge is 0.460 e. The number of hydrogen-bond donors (Lipinski definition) is 1. The summed E-state index contributed by atoms with van der Waals surface area (Å²) in [5, 5.41) is 12.3. The van der Waals surface area contributed by atoms with Gasteiger partial charge in [0.15, 0.2) is 5.65 Å². The minimum Gasteiger partial charge on any atom is -0.460 e. The molecule has 3 aromatic heterocycles. The average Bonchev–Trinajstić information content (AvgIpc) is 3.49. The van der Waals surface area contributed by atoms with Crippen LogP contribution < -0.4 is 10.1 Å². The zero-order valence-corrected chi connectivity index (χ0v) is 19.2. The van der Waals surface area contributed by atoms with Crippen LogP contribution in [0.4, 0.5) is 5.95 Å². The van der Waals surface area contributed by atoms with Crippen LogP contribution in [0.3, 0.4) is 0 Å². The monoisotopic (exact) mass is 447 g/mol. The van der Waals surface area contributed by atoms with Gasteiger partial charge in [-0.15, -0.1) is 0 Å². The molecular formula is C23H29N9O. The van der Waals surface area contributed by atoms with Crippen LogP contribution >= 0.6 is 0 Å². The third-order valence-electron chi connectivity index (χ3n) is 6.03. The van der Waals surface area contributed by atoms with Crippen molar-refractivity contribution in [2.45, 2.75) is 45.3 Å². The van der Waals surface area contributed by atoms with Gasteiger partial charge in [0.05, 0.1) is 11.9 Å². The van der Waals surface area contributed by atoms with Gasteiger partial charge < -0.3 is 15.0 Å². The van der Waals surface area contributed by atoms with Crippen LogP contribution in [0, 0.1) is 0 Å². The lowest BCUT2D eigenvalue weighted by Gasteiger charge is -2.28. The fraction of sp³-hybridized carbons (Fsp3) is 0.435. The molecule has 1 aromatic carbocycles. The Kier molecular flexibility index (Phi) is 5.91. The predicted molar refractivity (Wildman–Crippen MR) is 125 cm³/mol. The van der Waals surface area contributed by atoms with E-state index >= 15 is 0 Å². The van der Waals surface area contributed by atoms with E-state index in [0.29, 0.717) is 18.5 Å². The van der Waals surface area contributed by atoms with Gasteiger partial charge in [-0.2, -0.15) is 24.7 Å². The maximum absolute atomic E-state index is 6.24. The summed E-state index contributed by atoms with van der Waals surface area (Å²) in [6.07, 6.45) is 7.14. The van der Waals surface area contributed by atoms with Gasteiger partial charge in [0.1, 0.15) is 18.8 Å². The predicted octanol–water partition coefficient (Wildman–Crippen LogP) is 2.91. The summed E-state index contributed by atoms with van der Waals surface area (Å²) in [6, 6.07) is 8.46. The number of piperidine rings is 1. The number of fused-ring (bicyclic) bond motifs is 1. The Bertz CT molecular complexity index is 1210. The van der Waals surface area contributed by atoms with Gasteiger partial charge in [-0.25, -0.2) is 9.67 Å². The van der Waals surface area contributed by atoms with E-state index in [0.717, 1.165) is 48.4 Å². The lowest BCUT2D eigenvalue weighted by atomic mass is 10.1. The topological polar surface area (TPSA) is 98.3 Å². The molecular weight excluding hydrogens is 418 g/mol. The molecule has 10 nitrogen and oxygen atoms in total. The van der Waals surface area contributed by atoms with Crippen molar-refractivity contribution in [1.82, 2.24) is 39.2 Å². The van der Waals surface area contributed by atoms with E-state index in [-0.39, 0.29) is 12.0 Å². The molecule has 1 saturated heterocycles. The van der Waals surface area contributed by atoms with Gasteiger partial charge in [0, 0.05) is 25.2 Å². The highest BCUT2D eigenvalue weighted by Crippen LogP contribution is 2.25. The van der Waals surface area contributed by atoms with Crippen molar-refractivity contribution >= 4 is 11.6 Å². The second-order valence-electron chi connectivity index (χ2n) is 8.76. The molecule has 0 saturated carbocycles. The van der Waals surface area contributed by atoms with Gasteiger partial charge >= 0.3 is 6.01 Å². The molecule has 5 rings (SSSR count). The summed E-state index contributed by atoms with van der Waals surface area (Å²) in [5.74, 6) is 0.887. The number of rotatable bonds is 7. The smallest absolute Gasteiger partial charge is 0.322 e. The van der Waals surface area contributed by atoms with Crippen LogP contribution in [0.15, 0.2) is 43.1 Å². The molecule has 0 unspecified atom stereocenters. The van der Waals surface area contributed by atoms with Crippen molar-refractivity contribution in [3.63, 3.8) is 0 Å². The van der Waals surface area contributed by atoms with Crippen molar-refractivity contribution in [2.24, 2.45) is 0 Å². The number of benzene rings is 1. The Morgan fingerprint density at radius 1 is 1.12 bits per heavy atom. The second kappa shape index (κ2) is 9.14. The molecule has 33 heavy (non-hydrogen) atoms. The molecule has 4 heterocycles. The molecule has 4 aromatic rings. The van der Waals surface area contributed by atoms with E-state index in [4.69, 9.17) is 14.7 Å². The Hall–Kier alpha value is -3.53. The molecule has 1 N–H and O–H groups in total. The van der Waals surface area contributed by atoms with E-state index in [1.807, 2.05) is 24.4 Å². The second-order valence-corrected chi connectivity index (χ2v) is 8.76. The van der Waals surface area contributed by atoms with Crippen molar-refractivity contribution in [3.05, 3.63) is 54.2 Å². The zero-order chi connectivity index (χ0) is 22.8. The number of aromatic nitrogens is 7. The molecule has 1 fully saturated rings. The summed E-state index contributed by atoms with van der Waals surface area (Å²) in [4.78, 5) is 15.8. The molecule has 0 bridgehead atoms. The van der Waals surface area contributed by atoms with Crippen LogP contribution in [0.1, 0.15) is 43.7 Å². The van der Waals surface area contributed by atoms with E-state index < -0.39 is 0 Å². The Morgan fingerprint density at radius 2 is 1.94 bits per heavy atom. The number of likely N-dealkylation sites (tertiary alicyclic amines) is 1. The van der Waals surface area contributed by atoms with Gasteiger partial charge in [0.25, 0.3) is 0 Å². The average molecular weight is 448 g/mol. The molecule has 0 radical (unpaired) electrons. The third kappa shape index (κ3) is 4.51. The minimum absolute atomic E-state index is 0.120. The van der Waals surface area contributed by atoms with Crippen LogP contribution in [-0.4, -0.2) is 65.5 Å². The molecule has 1 aliphatic rings. The van der Waals surface area contributed by atoms with Gasteiger partial charge in [0.2, 0.25) is 5.95 Å². The number of para-hydroxylation sites is 1. The van der Waals surface area contributed by atoms with E-state index in [9.17, 15) is 0 Å². The Morgan fingerprint density at radius 3 is 2.70 bits per heavy atom. The zero-order valence-electron chi connectivity index (χ0n) is 19.2. The summed E-state index contributed by atoms with van der Waals surface area (Å²) in [6.45, 7) is 6.84. The molecule has 0 atom stereocenters. The Labute approximate surface area is 192 Å². The van der Waals surface area contributed by atoms with Gasteiger partial charge in [-0.3, -0.25) is 0 Å². The van der Waals surface area contributed by atoms with Crippen LogP contribution in [0.2, 0.25) is 0 Å². The maximum atomic E-state index is 6.24. The highest BCUT2D eigenvalue weighted by Gasteiger charge is 2.22. The molecule has 172 valence electrons. The fourth-order valence-corrected chi connectivity index (χ4v) is 4.09. The normalized spacial score (nSPS) is 15.4.